The summed E-state index contributed by atoms with van der Waals surface area (Å²) in [4.78, 5) is 7.32. The van der Waals surface area contributed by atoms with Crippen LogP contribution in [0.25, 0.3) is 11.0 Å². The van der Waals surface area contributed by atoms with Crippen molar-refractivity contribution in [3.05, 3.63) is 29.6 Å². The summed E-state index contributed by atoms with van der Waals surface area (Å²) >= 11 is 0. The van der Waals surface area contributed by atoms with Crippen LogP contribution in [0.5, 0.6) is 0 Å². The molecule has 0 unspecified atom stereocenters. The van der Waals surface area contributed by atoms with Gasteiger partial charge in [-0.15, -0.1) is 0 Å². The monoisotopic (exact) mass is 159 g/mol. The minimum absolute atomic E-state index is 0.984. The minimum Gasteiger partial charge on any atom is -0.345 e. The lowest BCUT2D eigenvalue weighted by Crippen LogP contribution is -1.99. The van der Waals surface area contributed by atoms with Gasteiger partial charge in [-0.1, -0.05) is 0 Å². The van der Waals surface area contributed by atoms with E-state index < -0.39 is 0 Å². The predicted molar refractivity (Wildman–Crippen MR) is 46.6 cm³/mol. The van der Waals surface area contributed by atoms with Crippen LogP contribution in [0.3, 0.4) is 0 Å². The third-order valence-corrected chi connectivity index (χ3v) is 2.37. The lowest BCUT2D eigenvalue weighted by atomic mass is 10.1. The zero-order chi connectivity index (χ0) is 7.97. The smallest absolute Gasteiger partial charge is 0.0931 e. The normalized spacial score (nSPS) is 15.3. The molecule has 3 nitrogen and oxygen atoms in total. The van der Waals surface area contributed by atoms with E-state index in [9.17, 15) is 0 Å². The van der Waals surface area contributed by atoms with Gasteiger partial charge in [0.2, 0.25) is 0 Å². The Kier molecular flexibility index (Phi) is 1.07. The predicted octanol–water partition coefficient (Wildman–Crippen LogP) is 1.17. The molecule has 2 aromatic rings. The first-order valence-corrected chi connectivity index (χ1v) is 4.09. The van der Waals surface area contributed by atoms with Gasteiger partial charge in [0.05, 0.1) is 17.4 Å². The van der Waals surface area contributed by atoms with Gasteiger partial charge in [-0.3, -0.25) is 0 Å². The number of hydrogen-bond acceptors (Lipinski definition) is 2. The average Bonchev–Trinajstić information content (AvgIpc) is 2.64. The Labute approximate surface area is 69.8 Å². The molecule has 0 spiro atoms. The third-order valence-electron chi connectivity index (χ3n) is 2.37. The molecule has 2 N–H and O–H groups in total. The van der Waals surface area contributed by atoms with Crippen molar-refractivity contribution in [1.82, 2.24) is 15.3 Å². The number of H-pyrrole nitrogens is 1. The van der Waals surface area contributed by atoms with Crippen LogP contribution in [-0.4, -0.2) is 9.97 Å². The molecular formula is C9H9N3. The van der Waals surface area contributed by atoms with Crippen molar-refractivity contribution in [3.8, 4) is 0 Å². The highest BCUT2D eigenvalue weighted by atomic mass is 14.9. The first kappa shape index (κ1) is 6.20. The highest BCUT2D eigenvalue weighted by molar-refractivity contribution is 5.76. The maximum atomic E-state index is 4.21. The molecule has 0 aliphatic carbocycles. The summed E-state index contributed by atoms with van der Waals surface area (Å²) in [6.45, 7) is 1.97. The summed E-state index contributed by atoms with van der Waals surface area (Å²) in [5.74, 6) is 0. The molecule has 0 saturated carbocycles. The molecule has 60 valence electrons. The summed E-state index contributed by atoms with van der Waals surface area (Å²) in [5.41, 5.74) is 4.98. The molecule has 0 amide bonds. The first-order chi connectivity index (χ1) is 5.93. The van der Waals surface area contributed by atoms with Gasteiger partial charge in [0.15, 0.2) is 0 Å². The number of fused-ring (bicyclic) bond motifs is 2. The van der Waals surface area contributed by atoms with Crippen LogP contribution >= 0.6 is 0 Å². The van der Waals surface area contributed by atoms with Gasteiger partial charge >= 0.3 is 0 Å². The fraction of sp³-hybridized carbons (Fsp3) is 0.222. The lowest BCUT2D eigenvalue weighted by molar-refractivity contribution is 0.765. The molecule has 0 fully saturated rings. The van der Waals surface area contributed by atoms with Crippen molar-refractivity contribution >= 4 is 11.0 Å². The van der Waals surface area contributed by atoms with Gasteiger partial charge in [0.1, 0.15) is 0 Å². The highest BCUT2D eigenvalue weighted by Crippen LogP contribution is 2.20. The zero-order valence-electron chi connectivity index (χ0n) is 6.59. The van der Waals surface area contributed by atoms with E-state index >= 15 is 0 Å². The minimum atomic E-state index is 0.984. The molecule has 0 saturated heterocycles. The van der Waals surface area contributed by atoms with Crippen molar-refractivity contribution in [3.63, 3.8) is 0 Å². The molecule has 0 radical (unpaired) electrons. The van der Waals surface area contributed by atoms with Crippen LogP contribution < -0.4 is 5.32 Å². The van der Waals surface area contributed by atoms with Crippen LogP contribution in [0, 0.1) is 0 Å². The average molecular weight is 159 g/mol. The van der Waals surface area contributed by atoms with Crippen molar-refractivity contribution < 1.29 is 0 Å². The molecule has 3 rings (SSSR count). The standard InChI is InChI=1S/C9H9N3/c1-6-3-10-4-7(6)2-9-8(1)11-5-12-9/h1-2,5,10H,3-4H2,(H,11,12). The van der Waals surface area contributed by atoms with E-state index in [2.05, 4.69) is 27.4 Å². The number of nitrogens with zero attached hydrogens (tertiary/aromatic N) is 1. The molecule has 1 aliphatic heterocycles. The maximum absolute atomic E-state index is 4.21. The molecule has 12 heavy (non-hydrogen) atoms. The number of nitrogens with one attached hydrogen (secondary N) is 2. The fourth-order valence-electron chi connectivity index (χ4n) is 1.73. The van der Waals surface area contributed by atoms with E-state index in [1.54, 1.807) is 6.33 Å². The second-order valence-electron chi connectivity index (χ2n) is 3.14. The van der Waals surface area contributed by atoms with E-state index in [1.165, 1.54) is 11.1 Å². The Morgan fingerprint density at radius 1 is 1.17 bits per heavy atom. The van der Waals surface area contributed by atoms with Crippen LogP contribution in [0.4, 0.5) is 0 Å². The number of imidazole rings is 1. The Balaban J connectivity index is 2.38. The topological polar surface area (TPSA) is 40.7 Å². The highest BCUT2D eigenvalue weighted by Gasteiger charge is 2.11. The second-order valence-corrected chi connectivity index (χ2v) is 3.14. The van der Waals surface area contributed by atoms with E-state index in [1.807, 2.05) is 0 Å². The molecule has 1 aromatic heterocycles. The molecule has 2 heterocycles. The maximum Gasteiger partial charge on any atom is 0.0931 e. The molecular weight excluding hydrogens is 150 g/mol. The number of benzene rings is 1. The fourth-order valence-corrected chi connectivity index (χ4v) is 1.73. The van der Waals surface area contributed by atoms with Crippen molar-refractivity contribution in [2.45, 2.75) is 13.1 Å². The number of rotatable bonds is 0. The summed E-state index contributed by atoms with van der Waals surface area (Å²) in [7, 11) is 0. The number of aromatic nitrogens is 2. The Morgan fingerprint density at radius 3 is 2.92 bits per heavy atom. The summed E-state index contributed by atoms with van der Waals surface area (Å²) in [6, 6.07) is 4.33. The van der Waals surface area contributed by atoms with Crippen LogP contribution in [-0.2, 0) is 13.1 Å². The lowest BCUT2D eigenvalue weighted by Gasteiger charge is -1.95. The van der Waals surface area contributed by atoms with Crippen LogP contribution in [0.2, 0.25) is 0 Å². The van der Waals surface area contributed by atoms with E-state index in [4.69, 9.17) is 0 Å². The molecule has 0 bridgehead atoms. The van der Waals surface area contributed by atoms with Crippen molar-refractivity contribution in [2.75, 3.05) is 0 Å². The summed E-state index contributed by atoms with van der Waals surface area (Å²) in [5, 5.41) is 3.31. The zero-order valence-corrected chi connectivity index (χ0v) is 6.59. The largest absolute Gasteiger partial charge is 0.345 e. The number of hydrogen-bond donors (Lipinski definition) is 2. The van der Waals surface area contributed by atoms with Gasteiger partial charge in [-0.25, -0.2) is 4.98 Å². The van der Waals surface area contributed by atoms with Crippen molar-refractivity contribution in [2.24, 2.45) is 0 Å². The van der Waals surface area contributed by atoms with E-state index in [0.29, 0.717) is 0 Å². The third kappa shape index (κ3) is 0.713. The van der Waals surface area contributed by atoms with Gasteiger partial charge < -0.3 is 10.3 Å². The molecule has 1 aliphatic rings. The van der Waals surface area contributed by atoms with Crippen molar-refractivity contribution in [1.29, 1.82) is 0 Å². The second kappa shape index (κ2) is 2.08. The first-order valence-electron chi connectivity index (χ1n) is 4.09. The van der Waals surface area contributed by atoms with E-state index in [-0.39, 0.29) is 0 Å². The summed E-state index contributed by atoms with van der Waals surface area (Å²) < 4.78 is 0. The SMILES string of the molecule is c1nc2cc3c(cc2[nH]1)CNC3. The van der Waals surface area contributed by atoms with Gasteiger partial charge in [0, 0.05) is 13.1 Å². The summed E-state index contributed by atoms with van der Waals surface area (Å²) in [6.07, 6.45) is 1.74. The van der Waals surface area contributed by atoms with Crippen LogP contribution in [0.15, 0.2) is 18.5 Å². The molecule has 0 atom stereocenters. The Morgan fingerprint density at radius 2 is 2.00 bits per heavy atom. The van der Waals surface area contributed by atoms with Crippen LogP contribution in [0.1, 0.15) is 11.1 Å². The quantitative estimate of drug-likeness (QED) is 0.605. The van der Waals surface area contributed by atoms with Gasteiger partial charge in [-0.05, 0) is 23.3 Å². The molecule has 3 heteroatoms. The van der Waals surface area contributed by atoms with E-state index in [0.717, 1.165) is 24.1 Å². The Bertz CT molecular complexity index is 392. The Hall–Kier alpha value is -1.35. The van der Waals surface area contributed by atoms with Gasteiger partial charge in [0.25, 0.3) is 0 Å². The number of aromatic amines is 1. The molecule has 1 aromatic carbocycles. The van der Waals surface area contributed by atoms with Gasteiger partial charge in [-0.2, -0.15) is 0 Å².